The highest BCUT2D eigenvalue weighted by Gasteiger charge is 2.27. The van der Waals surface area contributed by atoms with E-state index in [1.165, 1.54) is 0 Å². The van der Waals surface area contributed by atoms with Crippen molar-refractivity contribution in [2.75, 3.05) is 19.8 Å². The zero-order chi connectivity index (χ0) is 15.2. The van der Waals surface area contributed by atoms with Gasteiger partial charge < -0.3 is 9.47 Å². The molecule has 0 N–H and O–H groups in total. The molecule has 0 bridgehead atoms. The van der Waals surface area contributed by atoms with Gasteiger partial charge in [0, 0.05) is 12.0 Å². The van der Waals surface area contributed by atoms with Crippen molar-refractivity contribution in [1.29, 1.82) is 0 Å². The summed E-state index contributed by atoms with van der Waals surface area (Å²) in [5.41, 5.74) is 0.476. The topological polar surface area (TPSA) is 35.5 Å². The molecule has 0 aliphatic heterocycles. The Balaban J connectivity index is 2.37. The lowest BCUT2D eigenvalue weighted by atomic mass is 10.2. The maximum absolute atomic E-state index is 11.8. The van der Waals surface area contributed by atoms with Crippen molar-refractivity contribution in [1.82, 2.24) is 0 Å². The van der Waals surface area contributed by atoms with E-state index in [0.29, 0.717) is 33.0 Å². The van der Waals surface area contributed by atoms with Gasteiger partial charge in [-0.05, 0) is 44.0 Å². The van der Waals surface area contributed by atoms with Crippen molar-refractivity contribution in [2.45, 2.75) is 12.6 Å². The van der Waals surface area contributed by atoms with Gasteiger partial charge in [0.05, 0.1) is 22.2 Å². The summed E-state index contributed by atoms with van der Waals surface area (Å²) in [7, 11) is 0. The van der Waals surface area contributed by atoms with Crippen LogP contribution in [0.2, 0.25) is 0 Å². The quantitative estimate of drug-likeness (QED) is 0.486. The number of rotatable bonds is 7. The molecule has 0 unspecified atom stereocenters. The second kappa shape index (κ2) is 7.99. The minimum atomic E-state index is -4.31. The highest BCUT2D eigenvalue weighted by Crippen LogP contribution is 2.34. The second-order valence-corrected chi connectivity index (χ2v) is 5.51. The van der Waals surface area contributed by atoms with Crippen LogP contribution in [-0.2, 0) is 4.74 Å². The van der Waals surface area contributed by atoms with E-state index < -0.39 is 12.8 Å². The molecule has 20 heavy (non-hydrogen) atoms. The van der Waals surface area contributed by atoms with Crippen molar-refractivity contribution < 1.29 is 27.4 Å². The van der Waals surface area contributed by atoms with E-state index in [-0.39, 0.29) is 13.2 Å². The number of benzene rings is 1. The molecule has 0 atom stereocenters. The fraction of sp³-hybridized carbons (Fsp3) is 0.417. The van der Waals surface area contributed by atoms with Crippen molar-refractivity contribution >= 4 is 38.1 Å². The minimum Gasteiger partial charge on any atom is -0.491 e. The van der Waals surface area contributed by atoms with Gasteiger partial charge in [0.1, 0.15) is 18.6 Å². The van der Waals surface area contributed by atoms with Gasteiger partial charge in [0.15, 0.2) is 0 Å². The molecule has 0 spiro atoms. The Morgan fingerprint density at radius 2 is 1.75 bits per heavy atom. The van der Waals surface area contributed by atoms with E-state index in [4.69, 9.17) is 4.74 Å². The number of hydrogen-bond acceptors (Lipinski definition) is 3. The fourth-order valence-electron chi connectivity index (χ4n) is 1.31. The zero-order valence-electron chi connectivity index (χ0n) is 10.2. The number of alkyl halides is 3. The normalized spacial score (nSPS) is 11.4. The second-order valence-electron chi connectivity index (χ2n) is 3.80. The largest absolute Gasteiger partial charge is 0.491 e. The summed E-state index contributed by atoms with van der Waals surface area (Å²) in [6.45, 7) is -1.09. The monoisotopic (exact) mass is 418 g/mol. The van der Waals surface area contributed by atoms with Crippen LogP contribution >= 0.6 is 31.9 Å². The van der Waals surface area contributed by atoms with E-state index in [9.17, 15) is 18.0 Å². The Bertz CT molecular complexity index is 441. The van der Waals surface area contributed by atoms with Crippen molar-refractivity contribution in [2.24, 2.45) is 0 Å². The third-order valence-electron chi connectivity index (χ3n) is 2.10. The molecule has 0 saturated carbocycles. The third kappa shape index (κ3) is 6.23. The molecule has 112 valence electrons. The van der Waals surface area contributed by atoms with Gasteiger partial charge in [-0.1, -0.05) is 0 Å². The van der Waals surface area contributed by atoms with Gasteiger partial charge in [0.2, 0.25) is 0 Å². The molecule has 8 heteroatoms. The lowest BCUT2D eigenvalue weighted by Gasteiger charge is -2.11. The molecule has 1 rings (SSSR count). The lowest BCUT2D eigenvalue weighted by Crippen LogP contribution is -2.18. The highest BCUT2D eigenvalue weighted by atomic mass is 79.9. The summed E-state index contributed by atoms with van der Waals surface area (Å²) in [4.78, 5) is 10.6. The van der Waals surface area contributed by atoms with Gasteiger partial charge >= 0.3 is 6.18 Å². The van der Waals surface area contributed by atoms with E-state index >= 15 is 0 Å². The Labute approximate surface area is 130 Å². The standard InChI is InChI=1S/C12H11Br2F3O3/c13-9-4-8(6-18)5-10(14)11(9)20-3-1-2-19-7-12(15,16)17/h4-6H,1-3,7H2. The Hall–Kier alpha value is -0.600. The van der Waals surface area contributed by atoms with Gasteiger partial charge in [-0.25, -0.2) is 0 Å². The molecule has 1 aromatic rings. The first-order valence-electron chi connectivity index (χ1n) is 5.55. The summed E-state index contributed by atoms with van der Waals surface area (Å²) in [6, 6.07) is 3.18. The van der Waals surface area contributed by atoms with Gasteiger partial charge in [-0.15, -0.1) is 0 Å². The van der Waals surface area contributed by atoms with Crippen LogP contribution in [0.15, 0.2) is 21.1 Å². The van der Waals surface area contributed by atoms with Crippen LogP contribution in [0.25, 0.3) is 0 Å². The number of hydrogen-bond donors (Lipinski definition) is 0. The fourth-order valence-corrected chi connectivity index (χ4v) is 2.76. The van der Waals surface area contributed by atoms with E-state index in [1.54, 1.807) is 12.1 Å². The van der Waals surface area contributed by atoms with Crippen LogP contribution in [0.1, 0.15) is 16.8 Å². The number of carbonyl (C=O) groups excluding carboxylic acids is 1. The summed E-state index contributed by atoms with van der Waals surface area (Å²) >= 11 is 6.51. The average Bonchev–Trinajstić information content (AvgIpc) is 2.34. The van der Waals surface area contributed by atoms with E-state index in [2.05, 4.69) is 36.6 Å². The third-order valence-corrected chi connectivity index (χ3v) is 3.28. The summed E-state index contributed by atoms with van der Waals surface area (Å²) in [5.74, 6) is 0.492. The van der Waals surface area contributed by atoms with Crippen molar-refractivity contribution in [3.63, 3.8) is 0 Å². The van der Waals surface area contributed by atoms with Crippen LogP contribution in [0.4, 0.5) is 13.2 Å². The Morgan fingerprint density at radius 1 is 1.15 bits per heavy atom. The molecule has 0 aliphatic carbocycles. The number of aldehydes is 1. The van der Waals surface area contributed by atoms with Crippen LogP contribution in [0.5, 0.6) is 5.75 Å². The predicted molar refractivity (Wildman–Crippen MR) is 74.2 cm³/mol. The SMILES string of the molecule is O=Cc1cc(Br)c(OCCCOCC(F)(F)F)c(Br)c1. The minimum absolute atomic E-state index is 0.0405. The molecule has 3 nitrogen and oxygen atoms in total. The molecule has 0 radical (unpaired) electrons. The Morgan fingerprint density at radius 3 is 2.25 bits per heavy atom. The highest BCUT2D eigenvalue weighted by molar-refractivity contribution is 9.11. The lowest BCUT2D eigenvalue weighted by molar-refractivity contribution is -0.174. The number of halogens is 5. The van der Waals surface area contributed by atoms with Crippen LogP contribution < -0.4 is 4.74 Å². The summed E-state index contributed by atoms with van der Waals surface area (Å²) in [6.07, 6.45) is -3.29. The van der Waals surface area contributed by atoms with Crippen LogP contribution in [0.3, 0.4) is 0 Å². The molecule has 0 amide bonds. The maximum Gasteiger partial charge on any atom is 0.411 e. The Kier molecular flexibility index (Phi) is 6.97. The molecular formula is C12H11Br2F3O3. The average molecular weight is 420 g/mol. The first kappa shape index (κ1) is 17.5. The van der Waals surface area contributed by atoms with E-state index in [1.807, 2.05) is 0 Å². The maximum atomic E-state index is 11.8. The predicted octanol–water partition coefficient (Wildman–Crippen LogP) is 4.37. The molecule has 0 saturated heterocycles. The van der Waals surface area contributed by atoms with E-state index in [0.717, 1.165) is 0 Å². The summed E-state index contributed by atoms with van der Waals surface area (Å²) < 4.78 is 46.5. The summed E-state index contributed by atoms with van der Waals surface area (Å²) in [5, 5.41) is 0. The number of ether oxygens (including phenoxy) is 2. The molecule has 0 aromatic heterocycles. The van der Waals surface area contributed by atoms with Gasteiger partial charge in [0.25, 0.3) is 0 Å². The first-order valence-corrected chi connectivity index (χ1v) is 7.13. The molecule has 1 aromatic carbocycles. The van der Waals surface area contributed by atoms with Crippen molar-refractivity contribution in [3.8, 4) is 5.75 Å². The molecule has 0 fully saturated rings. The molecule has 0 heterocycles. The van der Waals surface area contributed by atoms with Gasteiger partial charge in [-0.2, -0.15) is 13.2 Å². The zero-order valence-corrected chi connectivity index (χ0v) is 13.3. The van der Waals surface area contributed by atoms with Crippen LogP contribution in [0, 0.1) is 0 Å². The molecule has 0 aliphatic rings. The smallest absolute Gasteiger partial charge is 0.411 e. The number of carbonyl (C=O) groups is 1. The van der Waals surface area contributed by atoms with Crippen LogP contribution in [-0.4, -0.2) is 32.3 Å². The molecular weight excluding hydrogens is 409 g/mol. The first-order chi connectivity index (χ1) is 9.33. The van der Waals surface area contributed by atoms with Gasteiger partial charge in [-0.3, -0.25) is 4.79 Å². The van der Waals surface area contributed by atoms with Crippen molar-refractivity contribution in [3.05, 3.63) is 26.6 Å².